The Morgan fingerprint density at radius 2 is 1.41 bits per heavy atom. The van der Waals surface area contributed by atoms with E-state index in [9.17, 15) is 29.1 Å². The molecule has 0 aromatic carbocycles. The molecular formula is C22H42N8O6S. The van der Waals surface area contributed by atoms with Gasteiger partial charge in [-0.2, -0.15) is 11.8 Å². The maximum atomic E-state index is 13.1. The minimum Gasteiger partial charge on any atom is -0.480 e. The lowest BCUT2D eigenvalue weighted by Crippen LogP contribution is -2.57. The Kier molecular flexibility index (Phi) is 16.7. The van der Waals surface area contributed by atoms with Gasteiger partial charge in [0.1, 0.15) is 18.1 Å². The molecule has 212 valence electrons. The average molecular weight is 547 g/mol. The van der Waals surface area contributed by atoms with E-state index >= 15 is 0 Å². The smallest absolute Gasteiger partial charge is 0.326 e. The Morgan fingerprint density at radius 1 is 0.865 bits per heavy atom. The Bertz CT molecular complexity index is 806. The maximum absolute atomic E-state index is 13.1. The molecule has 0 aromatic heterocycles. The van der Waals surface area contributed by atoms with Crippen LogP contribution in [0.4, 0.5) is 0 Å². The molecule has 0 aliphatic heterocycles. The summed E-state index contributed by atoms with van der Waals surface area (Å²) in [7, 11) is 0. The molecule has 0 spiro atoms. The number of carbonyl (C=O) groups is 5. The third-order valence-corrected chi connectivity index (χ3v) is 5.82. The number of carbonyl (C=O) groups excluding carboxylic acids is 4. The van der Waals surface area contributed by atoms with Crippen LogP contribution in [0.3, 0.4) is 0 Å². The van der Waals surface area contributed by atoms with Crippen molar-refractivity contribution in [1.29, 1.82) is 0 Å². The van der Waals surface area contributed by atoms with E-state index < -0.39 is 53.8 Å². The molecule has 37 heavy (non-hydrogen) atoms. The number of nitrogens with zero attached hydrogens (tertiary/aromatic N) is 1. The zero-order valence-electron chi connectivity index (χ0n) is 21.7. The van der Waals surface area contributed by atoms with Gasteiger partial charge in [0.15, 0.2) is 5.96 Å². The summed E-state index contributed by atoms with van der Waals surface area (Å²) < 4.78 is 0. The second kappa shape index (κ2) is 18.2. The highest BCUT2D eigenvalue weighted by molar-refractivity contribution is 7.98. The first-order valence-corrected chi connectivity index (χ1v) is 13.4. The van der Waals surface area contributed by atoms with Gasteiger partial charge < -0.3 is 44.0 Å². The van der Waals surface area contributed by atoms with Crippen molar-refractivity contribution in [2.24, 2.45) is 33.8 Å². The number of carboxylic acids is 1. The molecule has 15 heteroatoms. The molecule has 4 atom stereocenters. The number of hydrogen-bond acceptors (Lipinski definition) is 8. The molecule has 4 unspecified atom stereocenters. The van der Waals surface area contributed by atoms with Crippen molar-refractivity contribution < 1.29 is 29.1 Å². The SMILES string of the molecule is CSCCC(NC(=O)C(CCC(N)=O)NC(=O)C(CCCN=C(N)N)NC(=O)C(N)CC(C)C)C(=O)O. The largest absolute Gasteiger partial charge is 0.480 e. The summed E-state index contributed by atoms with van der Waals surface area (Å²) in [4.78, 5) is 65.3. The first-order valence-electron chi connectivity index (χ1n) is 12.0. The molecule has 0 aromatic rings. The van der Waals surface area contributed by atoms with Crippen molar-refractivity contribution in [1.82, 2.24) is 16.0 Å². The number of nitrogens with one attached hydrogen (secondary N) is 3. The monoisotopic (exact) mass is 546 g/mol. The van der Waals surface area contributed by atoms with Crippen molar-refractivity contribution in [3.63, 3.8) is 0 Å². The summed E-state index contributed by atoms with van der Waals surface area (Å²) in [5.74, 6) is -3.47. The standard InChI is InChI=1S/C22H42N8O6S/c1-12(2)11-13(23)18(32)28-14(5-4-9-27-22(25)26)19(33)29-15(6-7-17(24)31)20(34)30-16(21(35)36)8-10-37-3/h12-16H,4-11,23H2,1-3H3,(H2,24,31)(H,28,32)(H,29,33)(H,30,34)(H,35,36)(H4,25,26,27). The molecule has 0 fully saturated rings. The van der Waals surface area contributed by atoms with E-state index in [1.807, 2.05) is 13.8 Å². The first kappa shape index (κ1) is 33.9. The lowest BCUT2D eigenvalue weighted by Gasteiger charge is -2.25. The van der Waals surface area contributed by atoms with Gasteiger partial charge in [0.05, 0.1) is 6.04 Å². The molecule has 0 radical (unpaired) electrons. The molecular weight excluding hydrogens is 504 g/mol. The fourth-order valence-corrected chi connectivity index (χ4v) is 3.73. The van der Waals surface area contributed by atoms with Crippen LogP contribution < -0.4 is 38.9 Å². The second-order valence-corrected chi connectivity index (χ2v) is 9.98. The zero-order valence-corrected chi connectivity index (χ0v) is 22.5. The van der Waals surface area contributed by atoms with Crippen molar-refractivity contribution in [3.8, 4) is 0 Å². The van der Waals surface area contributed by atoms with Crippen LogP contribution in [0.2, 0.25) is 0 Å². The summed E-state index contributed by atoms with van der Waals surface area (Å²) in [5, 5.41) is 16.9. The van der Waals surface area contributed by atoms with E-state index in [4.69, 9.17) is 22.9 Å². The Labute approximate surface area is 221 Å². The number of guanidine groups is 1. The molecule has 4 amide bonds. The predicted molar refractivity (Wildman–Crippen MR) is 142 cm³/mol. The Balaban J connectivity index is 5.65. The molecule has 0 aliphatic carbocycles. The summed E-state index contributed by atoms with van der Waals surface area (Å²) in [6.07, 6.45) is 2.40. The van der Waals surface area contributed by atoms with E-state index in [1.165, 1.54) is 11.8 Å². The number of aliphatic carboxylic acids is 1. The Hall–Kier alpha value is -3.07. The topological polar surface area (TPSA) is 258 Å². The molecule has 0 saturated heterocycles. The van der Waals surface area contributed by atoms with Crippen molar-refractivity contribution in [2.75, 3.05) is 18.6 Å². The van der Waals surface area contributed by atoms with Gasteiger partial charge in [-0.05, 0) is 50.0 Å². The lowest BCUT2D eigenvalue weighted by molar-refractivity contribution is -0.142. The fraction of sp³-hybridized carbons (Fsp3) is 0.727. The molecule has 12 N–H and O–H groups in total. The second-order valence-electron chi connectivity index (χ2n) is 8.99. The summed E-state index contributed by atoms with van der Waals surface area (Å²) >= 11 is 1.41. The van der Waals surface area contributed by atoms with Gasteiger partial charge >= 0.3 is 5.97 Å². The van der Waals surface area contributed by atoms with Crippen LogP contribution in [-0.4, -0.2) is 83.4 Å². The van der Waals surface area contributed by atoms with Crippen LogP contribution in [0.15, 0.2) is 4.99 Å². The summed E-state index contributed by atoms with van der Waals surface area (Å²) in [5.41, 5.74) is 21.8. The predicted octanol–water partition coefficient (Wildman–Crippen LogP) is -2.03. The average Bonchev–Trinajstić information content (AvgIpc) is 2.79. The van der Waals surface area contributed by atoms with Gasteiger partial charge in [-0.15, -0.1) is 0 Å². The van der Waals surface area contributed by atoms with Crippen molar-refractivity contribution in [2.45, 2.75) is 76.5 Å². The maximum Gasteiger partial charge on any atom is 0.326 e. The van der Waals surface area contributed by atoms with Gasteiger partial charge in [0, 0.05) is 13.0 Å². The van der Waals surface area contributed by atoms with Crippen LogP contribution >= 0.6 is 11.8 Å². The highest BCUT2D eigenvalue weighted by Gasteiger charge is 2.30. The van der Waals surface area contributed by atoms with Crippen molar-refractivity contribution in [3.05, 3.63) is 0 Å². The van der Waals surface area contributed by atoms with Crippen molar-refractivity contribution >= 4 is 47.3 Å². The minimum absolute atomic E-state index is 0.123. The fourth-order valence-electron chi connectivity index (χ4n) is 3.26. The summed E-state index contributed by atoms with van der Waals surface area (Å²) in [6.45, 7) is 4.00. The van der Waals surface area contributed by atoms with Gasteiger partial charge in [-0.25, -0.2) is 4.79 Å². The number of rotatable bonds is 19. The summed E-state index contributed by atoms with van der Waals surface area (Å²) in [6, 6.07) is -4.39. The highest BCUT2D eigenvalue weighted by atomic mass is 32.2. The molecule has 0 saturated carbocycles. The van der Waals surface area contributed by atoms with E-state index in [-0.39, 0.29) is 44.1 Å². The number of amides is 4. The molecule has 0 bridgehead atoms. The van der Waals surface area contributed by atoms with E-state index in [1.54, 1.807) is 6.26 Å². The third-order valence-electron chi connectivity index (χ3n) is 5.18. The van der Waals surface area contributed by atoms with Crippen LogP contribution in [0, 0.1) is 5.92 Å². The lowest BCUT2D eigenvalue weighted by atomic mass is 10.0. The number of hydrogen-bond donors (Lipinski definition) is 8. The molecule has 0 heterocycles. The normalized spacial score (nSPS) is 14.1. The van der Waals surface area contributed by atoms with Crippen LogP contribution in [-0.2, 0) is 24.0 Å². The zero-order chi connectivity index (χ0) is 28.5. The molecule has 14 nitrogen and oxygen atoms in total. The third kappa shape index (κ3) is 15.6. The van der Waals surface area contributed by atoms with E-state index in [0.717, 1.165) is 0 Å². The number of nitrogens with two attached hydrogens (primary N) is 4. The van der Waals surface area contributed by atoms with Crippen LogP contribution in [0.25, 0.3) is 0 Å². The first-order chi connectivity index (χ1) is 17.3. The minimum atomic E-state index is -1.27. The van der Waals surface area contributed by atoms with E-state index in [0.29, 0.717) is 18.6 Å². The van der Waals surface area contributed by atoms with Crippen LogP contribution in [0.1, 0.15) is 52.4 Å². The number of aliphatic imine (C=N–C) groups is 1. The number of thioether (sulfide) groups is 1. The molecule has 0 aliphatic rings. The Morgan fingerprint density at radius 3 is 1.89 bits per heavy atom. The quantitative estimate of drug-likeness (QED) is 0.0500. The van der Waals surface area contributed by atoms with Gasteiger partial charge in [-0.1, -0.05) is 13.8 Å². The van der Waals surface area contributed by atoms with Crippen LogP contribution in [0.5, 0.6) is 0 Å². The number of carboxylic acid groups (broad SMARTS) is 1. The van der Waals surface area contributed by atoms with Gasteiger partial charge in [-0.3, -0.25) is 24.2 Å². The van der Waals surface area contributed by atoms with Gasteiger partial charge in [0.2, 0.25) is 23.6 Å². The van der Waals surface area contributed by atoms with E-state index in [2.05, 4.69) is 20.9 Å². The number of primary amides is 1. The highest BCUT2D eigenvalue weighted by Crippen LogP contribution is 2.08. The molecule has 0 rings (SSSR count). The van der Waals surface area contributed by atoms with Gasteiger partial charge in [0.25, 0.3) is 0 Å².